The molecule has 0 radical (unpaired) electrons. The fourth-order valence-electron chi connectivity index (χ4n) is 1.84. The van der Waals surface area contributed by atoms with Gasteiger partial charge in [-0.1, -0.05) is 6.92 Å². The van der Waals surface area contributed by atoms with Crippen LogP contribution < -0.4 is 10.6 Å². The summed E-state index contributed by atoms with van der Waals surface area (Å²) in [4.78, 5) is 22.2. The lowest BCUT2D eigenvalue weighted by Crippen LogP contribution is -2.48. The molecule has 0 aliphatic carbocycles. The minimum Gasteiger partial charge on any atom is -0.325 e. The van der Waals surface area contributed by atoms with Gasteiger partial charge in [-0.25, -0.2) is 0 Å². The van der Waals surface area contributed by atoms with E-state index in [-0.39, 0.29) is 17.5 Å². The molecule has 7 heteroatoms. The minimum atomic E-state index is -0.473. The normalized spacial score (nSPS) is 16.5. The number of carbonyl (C=O) groups excluding carboxylic acids is 1. The number of rotatable bonds is 4. The van der Waals surface area contributed by atoms with Crippen LogP contribution in [0.15, 0.2) is 22.7 Å². The van der Waals surface area contributed by atoms with Crippen LogP contribution in [0.25, 0.3) is 0 Å². The molecule has 1 aliphatic rings. The van der Waals surface area contributed by atoms with Gasteiger partial charge in [0.1, 0.15) is 0 Å². The highest BCUT2D eigenvalue weighted by atomic mass is 79.9. The van der Waals surface area contributed by atoms with Crippen molar-refractivity contribution in [3.8, 4) is 0 Å². The summed E-state index contributed by atoms with van der Waals surface area (Å²) in [5, 5.41) is 16.5. The van der Waals surface area contributed by atoms with Gasteiger partial charge in [0.15, 0.2) is 0 Å². The zero-order chi connectivity index (χ0) is 14.0. The van der Waals surface area contributed by atoms with Crippen LogP contribution in [0.5, 0.6) is 0 Å². The molecular weight excluding hydrogens is 314 g/mol. The number of hydrogen-bond donors (Lipinski definition) is 2. The lowest BCUT2D eigenvalue weighted by Gasteiger charge is -2.31. The van der Waals surface area contributed by atoms with Crippen molar-refractivity contribution >= 4 is 33.2 Å². The Bertz CT molecular complexity index is 517. The summed E-state index contributed by atoms with van der Waals surface area (Å²) in [5.41, 5.74) is 0.538. The summed E-state index contributed by atoms with van der Waals surface area (Å²) in [6.07, 6.45) is 0. The number of nitro benzene ring substituents is 1. The summed E-state index contributed by atoms with van der Waals surface area (Å²) in [5.74, 6) is 0.209. The molecular formula is C12H14BrN3O3. The first-order chi connectivity index (χ1) is 8.99. The first-order valence-electron chi connectivity index (χ1n) is 5.94. The van der Waals surface area contributed by atoms with Crippen molar-refractivity contribution in [2.45, 2.75) is 6.92 Å². The van der Waals surface area contributed by atoms with Crippen molar-refractivity contribution in [2.75, 3.05) is 18.4 Å². The van der Waals surface area contributed by atoms with Crippen LogP contribution in [0.3, 0.4) is 0 Å². The van der Waals surface area contributed by atoms with Crippen molar-refractivity contribution < 1.29 is 9.72 Å². The number of carbonyl (C=O) groups is 1. The molecule has 1 aromatic carbocycles. The molecule has 1 heterocycles. The number of benzene rings is 1. The molecule has 0 bridgehead atoms. The Morgan fingerprint density at radius 1 is 1.58 bits per heavy atom. The van der Waals surface area contributed by atoms with Gasteiger partial charge in [0.2, 0.25) is 5.91 Å². The van der Waals surface area contributed by atoms with Gasteiger partial charge in [0, 0.05) is 22.5 Å². The second-order valence-electron chi connectivity index (χ2n) is 4.62. The number of hydrogen-bond acceptors (Lipinski definition) is 4. The van der Waals surface area contributed by atoms with Crippen molar-refractivity contribution in [1.82, 2.24) is 5.32 Å². The largest absolute Gasteiger partial charge is 0.325 e. The summed E-state index contributed by atoms with van der Waals surface area (Å²) in [6, 6.07) is 4.28. The second-order valence-corrected chi connectivity index (χ2v) is 5.47. The average Bonchev–Trinajstić information content (AvgIpc) is 2.29. The third-order valence-corrected chi connectivity index (χ3v) is 4.01. The Balaban J connectivity index is 2.06. The molecule has 1 unspecified atom stereocenters. The first-order valence-corrected chi connectivity index (χ1v) is 6.74. The van der Waals surface area contributed by atoms with Gasteiger partial charge in [0.05, 0.1) is 10.6 Å². The lowest BCUT2D eigenvalue weighted by molar-refractivity contribution is -0.384. The molecule has 2 N–H and O–H groups in total. The quantitative estimate of drug-likeness (QED) is 0.655. The number of nitro groups is 1. The van der Waals surface area contributed by atoms with Crippen LogP contribution in [-0.4, -0.2) is 23.9 Å². The maximum absolute atomic E-state index is 12.0. The maximum Gasteiger partial charge on any atom is 0.270 e. The summed E-state index contributed by atoms with van der Waals surface area (Å²) in [6.45, 7) is 3.60. The molecule has 0 saturated carbocycles. The number of anilines is 1. The predicted octanol–water partition coefficient (Wildman–Crippen LogP) is 2.15. The Kier molecular flexibility index (Phi) is 4.16. The second kappa shape index (κ2) is 5.66. The van der Waals surface area contributed by atoms with Crippen LogP contribution >= 0.6 is 15.9 Å². The number of nitrogens with one attached hydrogen (secondary N) is 2. The highest BCUT2D eigenvalue weighted by Gasteiger charge is 2.29. The SMILES string of the molecule is CC(C(=O)Nc1ccc([N+](=O)[O-])cc1Br)C1CNC1. The Hall–Kier alpha value is -1.47. The van der Waals surface area contributed by atoms with E-state index < -0.39 is 4.92 Å². The first kappa shape index (κ1) is 14.0. The summed E-state index contributed by atoms with van der Waals surface area (Å²) < 4.78 is 0.508. The summed E-state index contributed by atoms with van der Waals surface area (Å²) >= 11 is 3.23. The van der Waals surface area contributed by atoms with E-state index in [0.717, 1.165) is 13.1 Å². The highest BCUT2D eigenvalue weighted by molar-refractivity contribution is 9.10. The Labute approximate surface area is 118 Å². The molecule has 1 fully saturated rings. The Morgan fingerprint density at radius 3 is 2.74 bits per heavy atom. The number of non-ortho nitro benzene ring substituents is 1. The number of amides is 1. The van der Waals surface area contributed by atoms with Crippen molar-refractivity contribution in [3.05, 3.63) is 32.8 Å². The minimum absolute atomic E-state index is 0.0129. The molecule has 1 saturated heterocycles. The third kappa shape index (κ3) is 3.10. The molecule has 0 spiro atoms. The van der Waals surface area contributed by atoms with Gasteiger partial charge >= 0.3 is 0 Å². The highest BCUT2D eigenvalue weighted by Crippen LogP contribution is 2.28. The molecule has 6 nitrogen and oxygen atoms in total. The standard InChI is InChI=1S/C12H14BrN3O3/c1-7(8-5-14-6-8)12(17)15-11-3-2-9(16(18)19)4-10(11)13/h2-4,7-8,14H,5-6H2,1H3,(H,15,17). The van der Waals surface area contributed by atoms with E-state index in [9.17, 15) is 14.9 Å². The van der Waals surface area contributed by atoms with Gasteiger partial charge in [-0.3, -0.25) is 14.9 Å². The van der Waals surface area contributed by atoms with Crippen molar-refractivity contribution in [1.29, 1.82) is 0 Å². The number of nitrogens with zero attached hydrogens (tertiary/aromatic N) is 1. The van der Waals surface area contributed by atoms with E-state index in [0.29, 0.717) is 16.1 Å². The predicted molar refractivity (Wildman–Crippen MR) is 74.9 cm³/mol. The van der Waals surface area contributed by atoms with Gasteiger partial charge in [-0.15, -0.1) is 0 Å². The van der Waals surface area contributed by atoms with Crippen molar-refractivity contribution in [2.24, 2.45) is 11.8 Å². The van der Waals surface area contributed by atoms with E-state index in [4.69, 9.17) is 0 Å². The van der Waals surface area contributed by atoms with Crippen LogP contribution in [-0.2, 0) is 4.79 Å². The molecule has 19 heavy (non-hydrogen) atoms. The van der Waals surface area contributed by atoms with Crippen LogP contribution in [0.1, 0.15) is 6.92 Å². The van der Waals surface area contributed by atoms with Gasteiger partial charge in [0.25, 0.3) is 5.69 Å². The molecule has 1 atom stereocenters. The molecule has 1 aliphatic heterocycles. The van der Waals surface area contributed by atoms with Crippen LogP contribution in [0.4, 0.5) is 11.4 Å². The van der Waals surface area contributed by atoms with Gasteiger partial charge in [-0.05, 0) is 41.0 Å². The fraction of sp³-hybridized carbons (Fsp3) is 0.417. The smallest absolute Gasteiger partial charge is 0.270 e. The fourth-order valence-corrected chi connectivity index (χ4v) is 2.31. The zero-order valence-electron chi connectivity index (χ0n) is 10.4. The molecule has 2 rings (SSSR count). The van der Waals surface area contributed by atoms with E-state index in [1.165, 1.54) is 18.2 Å². The monoisotopic (exact) mass is 327 g/mol. The Morgan fingerprint density at radius 2 is 2.26 bits per heavy atom. The van der Waals surface area contributed by atoms with Crippen LogP contribution in [0, 0.1) is 22.0 Å². The third-order valence-electron chi connectivity index (χ3n) is 3.36. The molecule has 0 aromatic heterocycles. The number of halogens is 1. The van der Waals surface area contributed by atoms with E-state index in [1.54, 1.807) is 0 Å². The zero-order valence-corrected chi connectivity index (χ0v) is 11.9. The van der Waals surface area contributed by atoms with E-state index >= 15 is 0 Å². The average molecular weight is 328 g/mol. The maximum atomic E-state index is 12.0. The van der Waals surface area contributed by atoms with E-state index in [1.807, 2.05) is 6.92 Å². The molecule has 1 amide bonds. The summed E-state index contributed by atoms with van der Waals surface area (Å²) in [7, 11) is 0. The lowest BCUT2D eigenvalue weighted by atomic mass is 9.88. The molecule has 102 valence electrons. The van der Waals surface area contributed by atoms with Crippen LogP contribution in [0.2, 0.25) is 0 Å². The van der Waals surface area contributed by atoms with Gasteiger partial charge < -0.3 is 10.6 Å². The molecule has 1 aromatic rings. The van der Waals surface area contributed by atoms with E-state index in [2.05, 4.69) is 26.6 Å². The topological polar surface area (TPSA) is 84.3 Å². The van der Waals surface area contributed by atoms with Gasteiger partial charge in [-0.2, -0.15) is 0 Å². The van der Waals surface area contributed by atoms with Crippen molar-refractivity contribution in [3.63, 3.8) is 0 Å².